The highest BCUT2D eigenvalue weighted by atomic mass is 16.5. The summed E-state index contributed by atoms with van der Waals surface area (Å²) in [6, 6.07) is 3.70. The first kappa shape index (κ1) is 18.8. The molecule has 26 heavy (non-hydrogen) atoms. The van der Waals surface area contributed by atoms with Gasteiger partial charge in [-0.15, -0.1) is 0 Å². The van der Waals surface area contributed by atoms with Gasteiger partial charge in [0, 0.05) is 57.2 Å². The Kier molecular flexibility index (Phi) is 5.91. The Morgan fingerprint density at radius 1 is 1.31 bits per heavy atom. The van der Waals surface area contributed by atoms with E-state index in [9.17, 15) is 9.59 Å². The van der Waals surface area contributed by atoms with E-state index in [0.717, 1.165) is 56.6 Å². The third kappa shape index (κ3) is 4.06. The van der Waals surface area contributed by atoms with Crippen LogP contribution in [0.15, 0.2) is 18.3 Å². The van der Waals surface area contributed by atoms with E-state index >= 15 is 0 Å². The number of amides is 2. The van der Waals surface area contributed by atoms with Gasteiger partial charge in [-0.3, -0.25) is 14.6 Å². The minimum Gasteiger partial charge on any atom is -0.383 e. The molecule has 142 valence electrons. The van der Waals surface area contributed by atoms with Gasteiger partial charge < -0.3 is 14.5 Å². The van der Waals surface area contributed by atoms with Crippen molar-refractivity contribution in [1.29, 1.82) is 0 Å². The van der Waals surface area contributed by atoms with E-state index in [1.165, 1.54) is 0 Å². The predicted molar refractivity (Wildman–Crippen MR) is 98.9 cm³/mol. The summed E-state index contributed by atoms with van der Waals surface area (Å²) in [5, 5.41) is 0. The minimum atomic E-state index is 0.0973. The van der Waals surface area contributed by atoms with Crippen LogP contribution in [0.1, 0.15) is 48.7 Å². The zero-order valence-corrected chi connectivity index (χ0v) is 15.9. The predicted octanol–water partition coefficient (Wildman–Crippen LogP) is 2.14. The average molecular weight is 359 g/mol. The summed E-state index contributed by atoms with van der Waals surface area (Å²) >= 11 is 0. The first-order valence-electron chi connectivity index (χ1n) is 9.58. The average Bonchev–Trinajstić information content (AvgIpc) is 2.69. The second-order valence-electron chi connectivity index (χ2n) is 7.49. The van der Waals surface area contributed by atoms with E-state index in [1.807, 2.05) is 22.8 Å². The van der Waals surface area contributed by atoms with E-state index in [4.69, 9.17) is 4.74 Å². The number of ether oxygens (including phenoxy) is 1. The lowest BCUT2D eigenvalue weighted by atomic mass is 9.72. The maximum atomic E-state index is 12.8. The first-order valence-corrected chi connectivity index (χ1v) is 9.58. The summed E-state index contributed by atoms with van der Waals surface area (Å²) in [7, 11) is 1.66. The number of piperidine rings is 2. The van der Waals surface area contributed by atoms with E-state index in [1.54, 1.807) is 19.4 Å². The first-order chi connectivity index (χ1) is 12.6. The Hall–Kier alpha value is -1.95. The maximum absolute atomic E-state index is 12.8. The molecule has 0 aromatic carbocycles. The van der Waals surface area contributed by atoms with Crippen LogP contribution >= 0.6 is 0 Å². The highest BCUT2D eigenvalue weighted by molar-refractivity contribution is 5.94. The maximum Gasteiger partial charge on any atom is 0.253 e. The number of likely N-dealkylation sites (tertiary alicyclic amines) is 2. The summed E-state index contributed by atoms with van der Waals surface area (Å²) < 4.78 is 5.13. The van der Waals surface area contributed by atoms with Gasteiger partial charge in [-0.25, -0.2) is 0 Å². The molecule has 2 aliphatic heterocycles. The van der Waals surface area contributed by atoms with E-state index in [0.29, 0.717) is 19.6 Å². The number of pyridine rings is 1. The molecule has 1 aromatic rings. The standard InChI is InChI=1S/C20H29N3O3/c1-3-17-14-16(5-9-21-17)19(25)22-10-7-20(8-11-22)6-4-18(24)23(15-20)12-13-26-2/h5,9,14H,3-4,6-8,10-13,15H2,1-2H3. The number of nitrogens with zero attached hydrogens (tertiary/aromatic N) is 3. The van der Waals surface area contributed by atoms with Gasteiger partial charge >= 0.3 is 0 Å². The van der Waals surface area contributed by atoms with Gasteiger partial charge in [0.25, 0.3) is 5.91 Å². The molecular formula is C20H29N3O3. The van der Waals surface area contributed by atoms with Crippen molar-refractivity contribution >= 4 is 11.8 Å². The molecule has 3 heterocycles. The number of hydrogen-bond acceptors (Lipinski definition) is 4. The molecule has 0 radical (unpaired) electrons. The third-order valence-electron chi connectivity index (χ3n) is 5.85. The Labute approximate surface area is 155 Å². The number of aromatic nitrogens is 1. The molecule has 0 aliphatic carbocycles. The molecule has 2 amide bonds. The van der Waals surface area contributed by atoms with E-state index < -0.39 is 0 Å². The molecule has 2 fully saturated rings. The van der Waals surface area contributed by atoms with Gasteiger partial charge in [0.15, 0.2) is 0 Å². The zero-order valence-electron chi connectivity index (χ0n) is 15.9. The smallest absolute Gasteiger partial charge is 0.253 e. The van der Waals surface area contributed by atoms with Crippen LogP contribution in [0.5, 0.6) is 0 Å². The number of methoxy groups -OCH3 is 1. The molecule has 6 heteroatoms. The van der Waals surface area contributed by atoms with Crippen LogP contribution in [0.3, 0.4) is 0 Å². The number of rotatable bonds is 5. The van der Waals surface area contributed by atoms with Crippen molar-refractivity contribution in [1.82, 2.24) is 14.8 Å². The molecule has 6 nitrogen and oxygen atoms in total. The molecule has 0 saturated carbocycles. The molecule has 2 aliphatic rings. The van der Waals surface area contributed by atoms with Crippen LogP contribution in [0, 0.1) is 5.41 Å². The number of aryl methyl sites for hydroxylation is 1. The van der Waals surface area contributed by atoms with Gasteiger partial charge in [-0.2, -0.15) is 0 Å². The summed E-state index contributed by atoms with van der Waals surface area (Å²) in [4.78, 5) is 33.1. The van der Waals surface area contributed by atoms with Crippen molar-refractivity contribution in [2.45, 2.75) is 39.0 Å². The van der Waals surface area contributed by atoms with Crippen molar-refractivity contribution in [2.75, 3.05) is 39.9 Å². The van der Waals surface area contributed by atoms with Gasteiger partial charge in [-0.05, 0) is 43.2 Å². The summed E-state index contributed by atoms with van der Waals surface area (Å²) in [6.45, 7) is 5.60. The highest BCUT2D eigenvalue weighted by Crippen LogP contribution is 2.40. The fourth-order valence-corrected chi connectivity index (χ4v) is 4.09. The van der Waals surface area contributed by atoms with Gasteiger partial charge in [0.05, 0.1) is 6.61 Å². The van der Waals surface area contributed by atoms with Gasteiger partial charge in [0.1, 0.15) is 0 Å². The largest absolute Gasteiger partial charge is 0.383 e. The number of carbonyl (C=O) groups excluding carboxylic acids is 2. The lowest BCUT2D eigenvalue weighted by Gasteiger charge is -2.47. The van der Waals surface area contributed by atoms with Crippen molar-refractivity contribution in [2.24, 2.45) is 5.41 Å². The zero-order chi connectivity index (χ0) is 18.6. The molecule has 3 rings (SSSR count). The second-order valence-corrected chi connectivity index (χ2v) is 7.49. The topological polar surface area (TPSA) is 62.7 Å². The molecule has 2 saturated heterocycles. The fourth-order valence-electron chi connectivity index (χ4n) is 4.09. The van der Waals surface area contributed by atoms with Gasteiger partial charge in [-0.1, -0.05) is 6.92 Å². The Morgan fingerprint density at radius 3 is 2.77 bits per heavy atom. The monoisotopic (exact) mass is 359 g/mol. The molecular weight excluding hydrogens is 330 g/mol. The highest BCUT2D eigenvalue weighted by Gasteiger charge is 2.41. The lowest BCUT2D eigenvalue weighted by molar-refractivity contribution is -0.139. The molecule has 1 aromatic heterocycles. The third-order valence-corrected chi connectivity index (χ3v) is 5.85. The fraction of sp³-hybridized carbons (Fsp3) is 0.650. The van der Waals surface area contributed by atoms with Crippen molar-refractivity contribution in [3.05, 3.63) is 29.6 Å². The van der Waals surface area contributed by atoms with Crippen molar-refractivity contribution in [3.8, 4) is 0 Å². The molecule has 0 bridgehead atoms. The number of hydrogen-bond donors (Lipinski definition) is 0. The van der Waals surface area contributed by atoms with Crippen LogP contribution in [-0.2, 0) is 16.0 Å². The number of carbonyl (C=O) groups is 2. The second kappa shape index (κ2) is 8.16. The molecule has 1 spiro atoms. The quantitative estimate of drug-likeness (QED) is 0.808. The van der Waals surface area contributed by atoms with Crippen molar-refractivity contribution in [3.63, 3.8) is 0 Å². The van der Waals surface area contributed by atoms with Crippen LogP contribution < -0.4 is 0 Å². The van der Waals surface area contributed by atoms with Crippen LogP contribution in [-0.4, -0.2) is 66.5 Å². The Balaban J connectivity index is 1.61. The van der Waals surface area contributed by atoms with Crippen LogP contribution in [0.25, 0.3) is 0 Å². The van der Waals surface area contributed by atoms with E-state index in [2.05, 4.69) is 4.98 Å². The minimum absolute atomic E-state index is 0.0973. The molecule has 0 atom stereocenters. The lowest BCUT2D eigenvalue weighted by Crippen LogP contribution is -2.52. The van der Waals surface area contributed by atoms with Gasteiger partial charge in [0.2, 0.25) is 5.91 Å². The Morgan fingerprint density at radius 2 is 2.08 bits per heavy atom. The Bertz CT molecular complexity index is 653. The van der Waals surface area contributed by atoms with Crippen LogP contribution in [0.2, 0.25) is 0 Å². The summed E-state index contributed by atoms with van der Waals surface area (Å²) in [5.74, 6) is 0.329. The summed E-state index contributed by atoms with van der Waals surface area (Å²) in [6.07, 6.45) is 6.02. The van der Waals surface area contributed by atoms with Crippen molar-refractivity contribution < 1.29 is 14.3 Å². The van der Waals surface area contributed by atoms with E-state index in [-0.39, 0.29) is 17.2 Å². The molecule has 0 unspecified atom stereocenters. The van der Waals surface area contributed by atoms with Crippen LogP contribution in [0.4, 0.5) is 0 Å². The SMILES string of the molecule is CCc1cc(C(=O)N2CCC3(CCC(=O)N(CCOC)C3)CC2)ccn1. The molecule has 0 N–H and O–H groups in total. The normalized spacial score (nSPS) is 19.8. The summed E-state index contributed by atoms with van der Waals surface area (Å²) in [5.41, 5.74) is 1.84.